The largest absolute Gasteiger partial charge is 0.434 e. The number of nitrogens with one attached hydrogen (secondary N) is 1. The number of hydrogen-bond donors (Lipinski definition) is 1. The summed E-state index contributed by atoms with van der Waals surface area (Å²) in [5.41, 5.74) is -1.60. The first-order chi connectivity index (χ1) is 9.54. The zero-order valence-electron chi connectivity index (χ0n) is 10.3. The van der Waals surface area contributed by atoms with E-state index in [0.717, 1.165) is 0 Å². The summed E-state index contributed by atoms with van der Waals surface area (Å²) in [5.74, 6) is -3.48. The van der Waals surface area contributed by atoms with Crippen molar-refractivity contribution >= 4 is 10.0 Å². The van der Waals surface area contributed by atoms with E-state index >= 15 is 0 Å². The summed E-state index contributed by atoms with van der Waals surface area (Å²) in [6.45, 7) is -3.05. The van der Waals surface area contributed by atoms with Crippen molar-refractivity contribution in [3.63, 3.8) is 0 Å². The lowest BCUT2D eigenvalue weighted by Crippen LogP contribution is -2.41. The standard InChI is InChI=1S/C9H10F5N3O3S/c10-8(11)4-17(1-2-20-5-8)21(18,19)6-3-15-16-7(6)9(12,13)14/h3H,1-2,4-5H2,(H,15,16). The molecule has 0 bridgehead atoms. The van der Waals surface area contributed by atoms with Crippen LogP contribution in [-0.4, -0.2) is 55.1 Å². The van der Waals surface area contributed by atoms with Gasteiger partial charge in [-0.05, 0) is 0 Å². The van der Waals surface area contributed by atoms with E-state index in [2.05, 4.69) is 9.84 Å². The van der Waals surface area contributed by atoms with Crippen LogP contribution in [0.5, 0.6) is 0 Å². The van der Waals surface area contributed by atoms with Crippen LogP contribution in [0.1, 0.15) is 5.69 Å². The number of alkyl halides is 5. The maximum Gasteiger partial charge on any atom is 0.434 e. The Morgan fingerprint density at radius 1 is 1.38 bits per heavy atom. The Hall–Kier alpha value is -1.27. The number of aromatic nitrogens is 2. The van der Waals surface area contributed by atoms with Gasteiger partial charge in [0, 0.05) is 6.54 Å². The third-order valence-electron chi connectivity index (χ3n) is 2.71. The monoisotopic (exact) mass is 335 g/mol. The maximum atomic E-state index is 13.3. The minimum Gasteiger partial charge on any atom is -0.374 e. The maximum absolute atomic E-state index is 13.3. The molecule has 1 aliphatic rings. The fraction of sp³-hybridized carbons (Fsp3) is 0.667. The highest BCUT2D eigenvalue weighted by Crippen LogP contribution is 2.34. The minimum absolute atomic E-state index is 0.264. The van der Waals surface area contributed by atoms with Crippen LogP contribution >= 0.6 is 0 Å². The molecule has 21 heavy (non-hydrogen) atoms. The van der Waals surface area contributed by atoms with Crippen molar-refractivity contribution in [2.75, 3.05) is 26.3 Å². The molecular formula is C9H10F5N3O3S. The quantitative estimate of drug-likeness (QED) is 0.821. The highest BCUT2D eigenvalue weighted by Gasteiger charge is 2.44. The molecule has 0 aliphatic carbocycles. The Morgan fingerprint density at radius 2 is 2.05 bits per heavy atom. The molecule has 0 unspecified atom stereocenters. The molecule has 1 fully saturated rings. The molecular weight excluding hydrogens is 325 g/mol. The van der Waals surface area contributed by atoms with Gasteiger partial charge in [0.2, 0.25) is 10.0 Å². The fourth-order valence-corrected chi connectivity index (χ4v) is 3.35. The summed E-state index contributed by atoms with van der Waals surface area (Å²) in [7, 11) is -4.77. The van der Waals surface area contributed by atoms with Crippen molar-refractivity contribution in [1.82, 2.24) is 14.5 Å². The number of hydrogen-bond acceptors (Lipinski definition) is 4. The molecule has 0 amide bonds. The van der Waals surface area contributed by atoms with Gasteiger partial charge in [-0.3, -0.25) is 5.10 Å². The molecule has 0 radical (unpaired) electrons. The lowest BCUT2D eigenvalue weighted by Gasteiger charge is -2.22. The summed E-state index contributed by atoms with van der Waals surface area (Å²) < 4.78 is 93.8. The van der Waals surface area contributed by atoms with Gasteiger partial charge in [0.05, 0.1) is 19.3 Å². The molecule has 1 N–H and O–H groups in total. The highest BCUT2D eigenvalue weighted by atomic mass is 32.2. The van der Waals surface area contributed by atoms with E-state index in [0.29, 0.717) is 6.20 Å². The Labute approximate surface area is 115 Å². The van der Waals surface area contributed by atoms with Gasteiger partial charge >= 0.3 is 6.18 Å². The first-order valence-electron chi connectivity index (χ1n) is 5.60. The average molecular weight is 335 g/mol. The van der Waals surface area contributed by atoms with E-state index in [4.69, 9.17) is 0 Å². The lowest BCUT2D eigenvalue weighted by atomic mass is 10.4. The Bertz CT molecular complexity index is 612. The molecule has 0 aromatic carbocycles. The van der Waals surface area contributed by atoms with Gasteiger partial charge in [0.15, 0.2) is 5.69 Å². The molecule has 1 saturated heterocycles. The van der Waals surface area contributed by atoms with Crippen LogP contribution in [0, 0.1) is 0 Å². The Kier molecular flexibility index (Phi) is 3.97. The van der Waals surface area contributed by atoms with Crippen LogP contribution in [0.4, 0.5) is 22.0 Å². The molecule has 2 heterocycles. The van der Waals surface area contributed by atoms with Gasteiger partial charge in [0.1, 0.15) is 11.5 Å². The normalized spacial score (nSPS) is 21.2. The number of ether oxygens (including phenoxy) is 1. The van der Waals surface area contributed by atoms with Crippen molar-refractivity contribution in [1.29, 1.82) is 0 Å². The second-order valence-electron chi connectivity index (χ2n) is 4.35. The van der Waals surface area contributed by atoms with Crippen molar-refractivity contribution in [2.45, 2.75) is 17.0 Å². The molecule has 1 aliphatic heterocycles. The van der Waals surface area contributed by atoms with E-state index in [-0.39, 0.29) is 10.9 Å². The van der Waals surface area contributed by atoms with E-state index in [1.807, 2.05) is 0 Å². The van der Waals surface area contributed by atoms with Gasteiger partial charge < -0.3 is 4.74 Å². The molecule has 6 nitrogen and oxygen atoms in total. The highest BCUT2D eigenvalue weighted by molar-refractivity contribution is 7.89. The molecule has 1 aromatic rings. The van der Waals surface area contributed by atoms with E-state index in [1.165, 1.54) is 5.10 Å². The van der Waals surface area contributed by atoms with Gasteiger partial charge in [-0.25, -0.2) is 17.2 Å². The molecule has 120 valence electrons. The van der Waals surface area contributed by atoms with Crippen LogP contribution in [0.2, 0.25) is 0 Å². The summed E-state index contributed by atoms with van der Waals surface area (Å²) in [6, 6.07) is 0. The summed E-state index contributed by atoms with van der Waals surface area (Å²) >= 11 is 0. The van der Waals surface area contributed by atoms with Crippen LogP contribution in [0.25, 0.3) is 0 Å². The van der Waals surface area contributed by atoms with E-state index in [1.54, 1.807) is 0 Å². The number of rotatable bonds is 2. The molecule has 0 saturated carbocycles. The first kappa shape index (κ1) is 16.1. The smallest absolute Gasteiger partial charge is 0.374 e. The van der Waals surface area contributed by atoms with Crippen LogP contribution < -0.4 is 0 Å². The lowest BCUT2D eigenvalue weighted by molar-refractivity contribution is -0.143. The van der Waals surface area contributed by atoms with Gasteiger partial charge in [-0.1, -0.05) is 0 Å². The number of H-pyrrole nitrogens is 1. The van der Waals surface area contributed by atoms with Crippen molar-refractivity contribution < 1.29 is 35.1 Å². The second kappa shape index (κ2) is 5.18. The molecule has 0 atom stereocenters. The second-order valence-corrected chi connectivity index (χ2v) is 6.26. The van der Waals surface area contributed by atoms with Crippen molar-refractivity contribution in [3.8, 4) is 0 Å². The summed E-state index contributed by atoms with van der Waals surface area (Å²) in [5, 5.41) is 4.57. The van der Waals surface area contributed by atoms with Crippen LogP contribution in [-0.2, 0) is 20.9 Å². The fourth-order valence-electron chi connectivity index (χ4n) is 1.79. The average Bonchev–Trinajstić information content (AvgIpc) is 2.75. The summed E-state index contributed by atoms with van der Waals surface area (Å²) in [6.07, 6.45) is -4.55. The number of aromatic amines is 1. The van der Waals surface area contributed by atoms with Crippen molar-refractivity contribution in [3.05, 3.63) is 11.9 Å². The predicted octanol–water partition coefficient (Wildman–Crippen LogP) is 1.08. The van der Waals surface area contributed by atoms with Crippen LogP contribution in [0.3, 0.4) is 0 Å². The van der Waals surface area contributed by atoms with E-state index in [9.17, 15) is 30.4 Å². The minimum atomic E-state index is -5.00. The van der Waals surface area contributed by atoms with Gasteiger partial charge in [0.25, 0.3) is 5.92 Å². The SMILES string of the molecule is O=S(=O)(c1cn[nH]c1C(F)(F)F)N1CCOCC(F)(F)C1. The van der Waals surface area contributed by atoms with Gasteiger partial charge in [-0.2, -0.15) is 22.6 Å². The van der Waals surface area contributed by atoms with E-state index < -0.39 is 52.4 Å². The Morgan fingerprint density at radius 3 is 2.67 bits per heavy atom. The van der Waals surface area contributed by atoms with Crippen LogP contribution in [0.15, 0.2) is 11.1 Å². The molecule has 0 spiro atoms. The third kappa shape index (κ3) is 3.32. The zero-order valence-corrected chi connectivity index (χ0v) is 11.1. The third-order valence-corrected chi connectivity index (χ3v) is 4.57. The molecule has 12 heteroatoms. The van der Waals surface area contributed by atoms with Gasteiger partial charge in [-0.15, -0.1) is 0 Å². The number of halogens is 5. The predicted molar refractivity (Wildman–Crippen MR) is 58.1 cm³/mol. The first-order valence-corrected chi connectivity index (χ1v) is 7.04. The summed E-state index contributed by atoms with van der Waals surface area (Å²) in [4.78, 5) is -1.19. The number of sulfonamides is 1. The topological polar surface area (TPSA) is 75.3 Å². The molecule has 1 aromatic heterocycles. The number of nitrogens with zero attached hydrogens (tertiary/aromatic N) is 2. The molecule has 2 rings (SSSR count). The Balaban J connectivity index is 2.40. The van der Waals surface area contributed by atoms with Crippen molar-refractivity contribution in [2.24, 2.45) is 0 Å². The zero-order chi connectivity index (χ0) is 15.9.